The highest BCUT2D eigenvalue weighted by molar-refractivity contribution is 8.00. The molecule has 1 saturated carbocycles. The van der Waals surface area contributed by atoms with Crippen LogP contribution in [0.4, 0.5) is 5.69 Å². The number of anilines is 1. The summed E-state index contributed by atoms with van der Waals surface area (Å²) in [4.78, 5) is 15.2. The number of benzene rings is 1. The van der Waals surface area contributed by atoms with Gasteiger partial charge in [0.05, 0.1) is 5.25 Å². The number of carbonyl (C=O) groups excluding carboxylic acids is 1. The van der Waals surface area contributed by atoms with E-state index in [2.05, 4.69) is 58.3 Å². The third kappa shape index (κ3) is 3.54. The average Bonchev–Trinajstić information content (AvgIpc) is 3.44. The van der Waals surface area contributed by atoms with Crippen molar-refractivity contribution in [2.24, 2.45) is 0 Å². The summed E-state index contributed by atoms with van der Waals surface area (Å²) in [5.74, 6) is 1.63. The lowest BCUT2D eigenvalue weighted by Crippen LogP contribution is -2.25. The summed E-state index contributed by atoms with van der Waals surface area (Å²) in [7, 11) is 2.03. The predicted octanol–water partition coefficient (Wildman–Crippen LogP) is 4.70. The highest BCUT2D eigenvalue weighted by atomic mass is 32.2. The van der Waals surface area contributed by atoms with Crippen LogP contribution < -0.4 is 4.90 Å². The molecule has 1 aliphatic heterocycles. The Morgan fingerprint density at radius 3 is 2.72 bits per heavy atom. The van der Waals surface area contributed by atoms with Crippen molar-refractivity contribution in [3.63, 3.8) is 0 Å². The van der Waals surface area contributed by atoms with Crippen LogP contribution >= 0.6 is 11.8 Å². The number of hydrogen-bond donors (Lipinski definition) is 0. The summed E-state index contributed by atoms with van der Waals surface area (Å²) in [6.45, 7) is 10.8. The van der Waals surface area contributed by atoms with Crippen molar-refractivity contribution >= 4 is 23.2 Å². The Labute approximate surface area is 176 Å². The van der Waals surface area contributed by atoms with Gasteiger partial charge in [0.2, 0.25) is 0 Å². The van der Waals surface area contributed by atoms with Gasteiger partial charge in [0.15, 0.2) is 10.9 Å². The van der Waals surface area contributed by atoms with Crippen LogP contribution in [-0.2, 0) is 16.8 Å². The molecule has 2 aromatic rings. The minimum absolute atomic E-state index is 0.0962. The Balaban J connectivity index is 1.56. The second kappa shape index (κ2) is 7.48. The summed E-state index contributed by atoms with van der Waals surface area (Å²) in [5.41, 5.74) is 3.24. The van der Waals surface area contributed by atoms with Crippen molar-refractivity contribution in [3.8, 4) is 0 Å². The summed E-state index contributed by atoms with van der Waals surface area (Å²) >= 11 is 1.48. The van der Waals surface area contributed by atoms with Gasteiger partial charge in [-0.2, -0.15) is 0 Å². The monoisotopic (exact) mass is 408 g/mol. The van der Waals surface area contributed by atoms with Gasteiger partial charge in [-0.25, -0.2) is 0 Å². The first-order valence-corrected chi connectivity index (χ1v) is 11.0. The maximum Gasteiger partial charge on any atom is 0.192 e. The largest absolute Gasteiger partial charge is 0.347 e. The average molecular weight is 409 g/mol. The molecule has 2 heterocycles. The zero-order valence-electron chi connectivity index (χ0n) is 17.6. The van der Waals surface area contributed by atoms with Gasteiger partial charge in [0.25, 0.3) is 0 Å². The van der Waals surface area contributed by atoms with Gasteiger partial charge in [-0.3, -0.25) is 4.79 Å². The molecule has 5 nitrogen and oxygen atoms in total. The quantitative estimate of drug-likeness (QED) is 0.377. The number of aromatic nitrogens is 3. The molecule has 1 fully saturated rings. The van der Waals surface area contributed by atoms with E-state index >= 15 is 0 Å². The van der Waals surface area contributed by atoms with Crippen LogP contribution in [0.2, 0.25) is 0 Å². The fraction of sp³-hybridized carbons (Fsp3) is 0.435. The molecular weight excluding hydrogens is 380 g/mol. The molecule has 4 rings (SSSR count). The molecule has 2 aliphatic rings. The van der Waals surface area contributed by atoms with Crippen molar-refractivity contribution in [3.05, 3.63) is 60.1 Å². The SMILES string of the molecule is C=CCn1c(SC(C)C(=O)/C=C2\N(C)c3ccccc3C2(C)C)nnc1C1CC1. The third-order valence-electron chi connectivity index (χ3n) is 5.90. The first-order valence-electron chi connectivity index (χ1n) is 10.1. The number of ketones is 1. The van der Waals surface area contributed by atoms with Crippen LogP contribution in [0.5, 0.6) is 0 Å². The minimum Gasteiger partial charge on any atom is -0.347 e. The lowest BCUT2D eigenvalue weighted by molar-refractivity contribution is -0.114. The van der Waals surface area contributed by atoms with Crippen LogP contribution in [0, 0.1) is 0 Å². The number of hydrogen-bond acceptors (Lipinski definition) is 5. The zero-order chi connectivity index (χ0) is 20.8. The molecule has 0 amide bonds. The maximum atomic E-state index is 13.1. The standard InChI is InChI=1S/C23H28N4OS/c1-6-13-27-21(16-11-12-16)24-25-22(27)29-15(2)19(28)14-20-23(3,4)17-9-7-8-10-18(17)26(20)5/h6-10,14-16H,1,11-13H2,2-5H3/b20-14-. The maximum absolute atomic E-state index is 13.1. The fourth-order valence-corrected chi connectivity index (χ4v) is 4.94. The van der Waals surface area contributed by atoms with Crippen LogP contribution in [0.25, 0.3) is 0 Å². The van der Waals surface area contributed by atoms with E-state index < -0.39 is 0 Å². The molecule has 152 valence electrons. The van der Waals surface area contributed by atoms with Gasteiger partial charge >= 0.3 is 0 Å². The van der Waals surface area contributed by atoms with Gasteiger partial charge in [-0.05, 0) is 31.4 Å². The topological polar surface area (TPSA) is 51.0 Å². The summed E-state index contributed by atoms with van der Waals surface area (Å²) in [6, 6.07) is 8.35. The number of rotatable bonds is 7. The molecule has 29 heavy (non-hydrogen) atoms. The number of thioether (sulfide) groups is 1. The van der Waals surface area contributed by atoms with Crippen LogP contribution in [-0.4, -0.2) is 32.8 Å². The van der Waals surface area contributed by atoms with Gasteiger partial charge in [-0.15, -0.1) is 16.8 Å². The minimum atomic E-state index is -0.241. The van der Waals surface area contributed by atoms with E-state index in [9.17, 15) is 4.79 Å². The number of fused-ring (bicyclic) bond motifs is 1. The van der Waals surface area contributed by atoms with Gasteiger partial charge in [0, 0.05) is 42.4 Å². The predicted molar refractivity (Wildman–Crippen MR) is 118 cm³/mol. The van der Waals surface area contributed by atoms with Crippen molar-refractivity contribution in [1.29, 1.82) is 0 Å². The molecule has 1 unspecified atom stereocenters. The molecule has 1 aromatic carbocycles. The van der Waals surface area contributed by atoms with E-state index in [0.717, 1.165) is 22.4 Å². The Morgan fingerprint density at radius 1 is 1.34 bits per heavy atom. The van der Waals surface area contributed by atoms with Crippen LogP contribution in [0.15, 0.2) is 53.8 Å². The second-order valence-electron chi connectivity index (χ2n) is 8.41. The van der Waals surface area contributed by atoms with Gasteiger partial charge < -0.3 is 9.47 Å². The van der Waals surface area contributed by atoms with Crippen molar-refractivity contribution < 1.29 is 4.79 Å². The van der Waals surface area contributed by atoms with Crippen molar-refractivity contribution in [2.45, 2.75) is 61.9 Å². The van der Waals surface area contributed by atoms with E-state index in [1.807, 2.05) is 32.2 Å². The van der Waals surface area contributed by atoms with E-state index in [0.29, 0.717) is 12.5 Å². The molecule has 1 aromatic heterocycles. The molecular formula is C23H28N4OS. The first kappa shape index (κ1) is 20.0. The summed E-state index contributed by atoms with van der Waals surface area (Å²) in [6.07, 6.45) is 6.01. The Hall–Kier alpha value is -2.34. The van der Waals surface area contributed by atoms with E-state index in [4.69, 9.17) is 0 Å². The molecule has 1 atom stereocenters. The number of para-hydroxylation sites is 1. The van der Waals surface area contributed by atoms with Crippen molar-refractivity contribution in [1.82, 2.24) is 14.8 Å². The molecule has 6 heteroatoms. The fourth-order valence-electron chi connectivity index (χ4n) is 4.06. The first-order chi connectivity index (χ1) is 13.8. The van der Waals surface area contributed by atoms with E-state index in [-0.39, 0.29) is 16.4 Å². The van der Waals surface area contributed by atoms with Gasteiger partial charge in [0.1, 0.15) is 5.82 Å². The van der Waals surface area contributed by atoms with Crippen LogP contribution in [0.3, 0.4) is 0 Å². The number of nitrogens with zero attached hydrogens (tertiary/aromatic N) is 4. The molecule has 0 saturated heterocycles. The smallest absolute Gasteiger partial charge is 0.192 e. The Morgan fingerprint density at radius 2 is 2.07 bits per heavy atom. The molecule has 0 N–H and O–H groups in total. The Kier molecular flexibility index (Phi) is 5.15. The summed E-state index contributed by atoms with van der Waals surface area (Å²) in [5, 5.41) is 9.31. The van der Waals surface area contributed by atoms with E-state index in [1.54, 1.807) is 0 Å². The lowest BCUT2D eigenvalue weighted by Gasteiger charge is -2.24. The number of carbonyl (C=O) groups is 1. The number of allylic oxidation sites excluding steroid dienone is 3. The highest BCUT2D eigenvalue weighted by Gasteiger charge is 2.39. The van der Waals surface area contributed by atoms with Crippen LogP contribution in [0.1, 0.15) is 50.9 Å². The third-order valence-corrected chi connectivity index (χ3v) is 7.00. The highest BCUT2D eigenvalue weighted by Crippen LogP contribution is 2.46. The molecule has 0 radical (unpaired) electrons. The second-order valence-corrected chi connectivity index (χ2v) is 9.72. The van der Waals surface area contributed by atoms with E-state index in [1.165, 1.54) is 30.2 Å². The lowest BCUT2D eigenvalue weighted by atomic mass is 9.83. The van der Waals surface area contributed by atoms with Gasteiger partial charge in [-0.1, -0.05) is 49.9 Å². The molecule has 1 aliphatic carbocycles. The number of likely N-dealkylation sites (N-methyl/N-ethyl adjacent to an activating group) is 1. The normalized spacial score (nSPS) is 20.0. The van der Waals surface area contributed by atoms with Crippen molar-refractivity contribution in [2.75, 3.05) is 11.9 Å². The molecule has 0 spiro atoms. The molecule has 0 bridgehead atoms. The summed E-state index contributed by atoms with van der Waals surface area (Å²) < 4.78 is 2.10. The Bertz CT molecular complexity index is 987. The zero-order valence-corrected chi connectivity index (χ0v) is 18.4.